The molecule has 3 heterocycles. The molecule has 2 aromatic heterocycles. The number of alkyl halides is 3. The van der Waals surface area contributed by atoms with Gasteiger partial charge in [-0.15, -0.1) is 11.3 Å². The number of aromatic nitrogens is 1. The van der Waals surface area contributed by atoms with Crippen molar-refractivity contribution in [1.82, 2.24) is 14.8 Å². The van der Waals surface area contributed by atoms with E-state index in [2.05, 4.69) is 4.98 Å². The third-order valence-corrected chi connectivity index (χ3v) is 6.83. The summed E-state index contributed by atoms with van der Waals surface area (Å²) in [5.41, 5.74) is -0.376. The van der Waals surface area contributed by atoms with Crippen LogP contribution in [0.25, 0.3) is 10.2 Å². The van der Waals surface area contributed by atoms with Gasteiger partial charge in [0.1, 0.15) is 16.3 Å². The Morgan fingerprint density at radius 3 is 2.33 bits per heavy atom. The number of halogens is 4. The molecular weight excluding hydrogens is 479 g/mol. The van der Waals surface area contributed by atoms with Crippen LogP contribution in [0.15, 0.2) is 36.4 Å². The first-order valence-electron chi connectivity index (χ1n) is 10.1. The number of carbonyl (C=O) groups is 2. The van der Waals surface area contributed by atoms with Gasteiger partial charge in [-0.3, -0.25) is 9.59 Å². The van der Waals surface area contributed by atoms with E-state index in [1.54, 1.807) is 41.0 Å². The van der Waals surface area contributed by atoms with Crippen LogP contribution in [0.5, 0.6) is 5.75 Å². The number of hydrogen-bond acceptors (Lipinski definition) is 5. The molecule has 4 rings (SSSR count). The smallest absolute Gasteiger partial charge is 0.433 e. The van der Waals surface area contributed by atoms with E-state index in [-0.39, 0.29) is 23.3 Å². The average Bonchev–Trinajstić information content (AvgIpc) is 3.13. The molecule has 174 valence electrons. The van der Waals surface area contributed by atoms with Gasteiger partial charge in [0.25, 0.3) is 11.8 Å². The molecule has 0 bridgehead atoms. The van der Waals surface area contributed by atoms with Crippen molar-refractivity contribution in [3.05, 3.63) is 57.6 Å². The van der Waals surface area contributed by atoms with Crippen molar-refractivity contribution < 1.29 is 27.5 Å². The standard InChI is InChI=1S/C22H19ClF3N3O3S/c1-13-16-6-7-17(22(24,25)26)27-20(16)33-19(13)21(31)29-10-8-28(9-11-29)18(30)12-32-15-4-2-14(23)3-5-15/h2-7H,8-12H2,1H3. The lowest BCUT2D eigenvalue weighted by Crippen LogP contribution is -2.51. The van der Waals surface area contributed by atoms with E-state index in [0.717, 1.165) is 17.4 Å². The molecule has 1 fully saturated rings. The SMILES string of the molecule is Cc1c(C(=O)N2CCN(C(=O)COc3ccc(Cl)cc3)CC2)sc2nc(C(F)(F)F)ccc12. The fourth-order valence-electron chi connectivity index (χ4n) is 3.53. The van der Waals surface area contributed by atoms with Gasteiger partial charge < -0.3 is 14.5 Å². The van der Waals surface area contributed by atoms with Crippen LogP contribution in [-0.4, -0.2) is 59.4 Å². The highest BCUT2D eigenvalue weighted by Gasteiger charge is 2.33. The van der Waals surface area contributed by atoms with E-state index in [1.807, 2.05) is 0 Å². The minimum atomic E-state index is -4.55. The van der Waals surface area contributed by atoms with Gasteiger partial charge in [0.15, 0.2) is 6.61 Å². The predicted molar refractivity (Wildman–Crippen MR) is 119 cm³/mol. The van der Waals surface area contributed by atoms with Gasteiger partial charge in [-0.05, 0) is 48.9 Å². The third kappa shape index (κ3) is 5.06. The second kappa shape index (κ2) is 9.18. The summed E-state index contributed by atoms with van der Waals surface area (Å²) in [5.74, 6) is 0.0663. The number of carbonyl (C=O) groups excluding carboxylic acids is 2. The molecule has 0 atom stereocenters. The van der Waals surface area contributed by atoms with Crippen molar-refractivity contribution in [2.45, 2.75) is 13.1 Å². The quantitative estimate of drug-likeness (QED) is 0.527. The third-order valence-electron chi connectivity index (χ3n) is 5.38. The maximum Gasteiger partial charge on any atom is 0.433 e. The maximum absolute atomic E-state index is 13.0. The summed E-state index contributed by atoms with van der Waals surface area (Å²) in [6, 6.07) is 8.96. The van der Waals surface area contributed by atoms with Crippen LogP contribution in [0.2, 0.25) is 5.02 Å². The number of ether oxygens (including phenoxy) is 1. The van der Waals surface area contributed by atoms with E-state index in [0.29, 0.717) is 52.8 Å². The first-order valence-corrected chi connectivity index (χ1v) is 11.3. The first-order chi connectivity index (χ1) is 15.6. The molecule has 0 saturated carbocycles. The highest BCUT2D eigenvalue weighted by atomic mass is 35.5. The van der Waals surface area contributed by atoms with E-state index < -0.39 is 11.9 Å². The molecule has 2 amide bonds. The monoisotopic (exact) mass is 497 g/mol. The molecule has 0 radical (unpaired) electrons. The van der Waals surface area contributed by atoms with E-state index in [1.165, 1.54) is 6.07 Å². The Morgan fingerprint density at radius 1 is 1.06 bits per heavy atom. The number of hydrogen-bond donors (Lipinski definition) is 0. The summed E-state index contributed by atoms with van der Waals surface area (Å²) in [6.45, 7) is 2.90. The van der Waals surface area contributed by atoms with Crippen LogP contribution in [-0.2, 0) is 11.0 Å². The maximum atomic E-state index is 13.0. The van der Waals surface area contributed by atoms with Gasteiger partial charge in [0.05, 0.1) is 4.88 Å². The highest BCUT2D eigenvalue weighted by Crippen LogP contribution is 2.34. The largest absolute Gasteiger partial charge is 0.484 e. The molecule has 0 N–H and O–H groups in total. The lowest BCUT2D eigenvalue weighted by molar-refractivity contribution is -0.141. The number of fused-ring (bicyclic) bond motifs is 1. The number of benzene rings is 1. The van der Waals surface area contributed by atoms with Crippen LogP contribution in [0.3, 0.4) is 0 Å². The van der Waals surface area contributed by atoms with Crippen molar-refractivity contribution in [1.29, 1.82) is 0 Å². The fraction of sp³-hybridized carbons (Fsp3) is 0.318. The number of thiophene rings is 1. The lowest BCUT2D eigenvalue weighted by Gasteiger charge is -2.34. The van der Waals surface area contributed by atoms with E-state index in [9.17, 15) is 22.8 Å². The van der Waals surface area contributed by atoms with Gasteiger partial charge >= 0.3 is 6.18 Å². The van der Waals surface area contributed by atoms with Crippen molar-refractivity contribution in [3.8, 4) is 5.75 Å². The number of pyridine rings is 1. The zero-order valence-corrected chi connectivity index (χ0v) is 19.1. The summed E-state index contributed by atoms with van der Waals surface area (Å²) in [4.78, 5) is 32.9. The average molecular weight is 498 g/mol. The molecule has 0 aliphatic carbocycles. The molecule has 33 heavy (non-hydrogen) atoms. The Labute approximate surface area is 196 Å². The van der Waals surface area contributed by atoms with Crippen molar-refractivity contribution in [2.75, 3.05) is 32.8 Å². The van der Waals surface area contributed by atoms with Gasteiger partial charge in [0.2, 0.25) is 0 Å². The molecule has 1 aromatic carbocycles. The molecule has 0 unspecified atom stereocenters. The Morgan fingerprint density at radius 2 is 1.70 bits per heavy atom. The molecule has 1 aliphatic heterocycles. The molecule has 11 heteroatoms. The number of rotatable bonds is 4. The molecule has 1 saturated heterocycles. The molecule has 3 aromatic rings. The normalized spacial score (nSPS) is 14.6. The van der Waals surface area contributed by atoms with Crippen molar-refractivity contribution in [3.63, 3.8) is 0 Å². The minimum Gasteiger partial charge on any atom is -0.484 e. The van der Waals surface area contributed by atoms with Gasteiger partial charge in [-0.2, -0.15) is 13.2 Å². The summed E-state index contributed by atoms with van der Waals surface area (Å²) in [7, 11) is 0. The number of nitrogens with zero attached hydrogens (tertiary/aromatic N) is 3. The Bertz CT molecular complexity index is 1190. The Balaban J connectivity index is 1.38. The highest BCUT2D eigenvalue weighted by molar-refractivity contribution is 7.20. The van der Waals surface area contributed by atoms with Gasteiger partial charge in [-0.1, -0.05) is 11.6 Å². The van der Waals surface area contributed by atoms with E-state index in [4.69, 9.17) is 16.3 Å². The summed E-state index contributed by atoms with van der Waals surface area (Å²) in [6.07, 6.45) is -4.55. The predicted octanol–water partition coefficient (Wildman–Crippen LogP) is 4.64. The Hall–Kier alpha value is -2.85. The topological polar surface area (TPSA) is 62.7 Å². The number of aryl methyl sites for hydroxylation is 1. The molecule has 6 nitrogen and oxygen atoms in total. The van der Waals surface area contributed by atoms with Crippen LogP contribution in [0.1, 0.15) is 20.9 Å². The Kier molecular flexibility index (Phi) is 6.49. The summed E-state index contributed by atoms with van der Waals surface area (Å²) in [5, 5.41) is 1.10. The minimum absolute atomic E-state index is 0.127. The molecule has 1 aliphatic rings. The number of piperazine rings is 1. The van der Waals surface area contributed by atoms with Crippen LogP contribution >= 0.6 is 22.9 Å². The van der Waals surface area contributed by atoms with Crippen LogP contribution in [0, 0.1) is 6.92 Å². The first kappa shape index (κ1) is 23.3. The molecule has 0 spiro atoms. The fourth-order valence-corrected chi connectivity index (χ4v) is 4.80. The molecular formula is C22H19ClF3N3O3S. The van der Waals surface area contributed by atoms with E-state index >= 15 is 0 Å². The second-order valence-electron chi connectivity index (χ2n) is 7.52. The zero-order chi connectivity index (χ0) is 23.8. The lowest BCUT2D eigenvalue weighted by atomic mass is 10.1. The van der Waals surface area contributed by atoms with Crippen molar-refractivity contribution >= 4 is 45.0 Å². The summed E-state index contributed by atoms with van der Waals surface area (Å²) < 4.78 is 44.4. The van der Waals surface area contributed by atoms with Gasteiger partial charge in [-0.25, -0.2) is 4.98 Å². The number of amides is 2. The summed E-state index contributed by atoms with van der Waals surface area (Å²) >= 11 is 6.78. The zero-order valence-electron chi connectivity index (χ0n) is 17.5. The van der Waals surface area contributed by atoms with Crippen LogP contribution < -0.4 is 4.74 Å². The van der Waals surface area contributed by atoms with Crippen molar-refractivity contribution in [2.24, 2.45) is 0 Å². The van der Waals surface area contributed by atoms with Crippen LogP contribution in [0.4, 0.5) is 13.2 Å². The van der Waals surface area contributed by atoms with Gasteiger partial charge in [0, 0.05) is 36.6 Å². The second-order valence-corrected chi connectivity index (χ2v) is 8.95.